The van der Waals surface area contributed by atoms with Crippen molar-refractivity contribution in [3.8, 4) is 0 Å². The molecule has 96 valence electrons. The molecule has 1 aromatic rings. The third-order valence-electron chi connectivity index (χ3n) is 3.63. The smallest absolute Gasteiger partial charge is 0.245 e. The number of fused-ring (bicyclic) bond motifs is 1. The van der Waals surface area contributed by atoms with Gasteiger partial charge in [0.05, 0.1) is 0 Å². The van der Waals surface area contributed by atoms with Gasteiger partial charge in [-0.25, -0.2) is 0 Å². The zero-order valence-corrected chi connectivity index (χ0v) is 11.2. The molecule has 1 amide bonds. The van der Waals surface area contributed by atoms with Gasteiger partial charge in [0, 0.05) is 29.9 Å². The minimum absolute atomic E-state index is 0.0220. The molecule has 0 saturated heterocycles. The van der Waals surface area contributed by atoms with Crippen molar-refractivity contribution in [1.29, 1.82) is 0 Å². The minimum atomic E-state index is -0.0762. The maximum Gasteiger partial charge on any atom is 0.245 e. The van der Waals surface area contributed by atoms with Crippen molar-refractivity contribution in [3.05, 3.63) is 41.5 Å². The third kappa shape index (κ3) is 2.40. The van der Waals surface area contributed by atoms with Crippen LogP contribution in [-0.2, 0) is 11.2 Å². The maximum atomic E-state index is 11.6. The first-order valence-electron chi connectivity index (χ1n) is 6.38. The first-order chi connectivity index (χ1) is 8.58. The second-order valence-electron chi connectivity index (χ2n) is 5.05. The van der Waals surface area contributed by atoms with Crippen LogP contribution in [0, 0.1) is 0 Å². The van der Waals surface area contributed by atoms with E-state index < -0.39 is 0 Å². The first kappa shape index (κ1) is 12.7. The second kappa shape index (κ2) is 4.84. The lowest BCUT2D eigenvalue weighted by Crippen LogP contribution is -2.46. The van der Waals surface area contributed by atoms with Gasteiger partial charge in [-0.3, -0.25) is 4.79 Å². The van der Waals surface area contributed by atoms with Gasteiger partial charge in [-0.2, -0.15) is 0 Å². The number of benzene rings is 1. The summed E-state index contributed by atoms with van der Waals surface area (Å²) in [5, 5.41) is 6.13. The lowest BCUT2D eigenvalue weighted by atomic mass is 9.83. The van der Waals surface area contributed by atoms with Crippen LogP contribution in [0.15, 0.2) is 30.3 Å². The van der Waals surface area contributed by atoms with Gasteiger partial charge >= 0.3 is 0 Å². The summed E-state index contributed by atoms with van der Waals surface area (Å²) in [7, 11) is 1.65. The van der Waals surface area contributed by atoms with Crippen molar-refractivity contribution in [1.82, 2.24) is 10.6 Å². The lowest BCUT2D eigenvalue weighted by molar-refractivity contribution is -0.116. The minimum Gasteiger partial charge on any atom is -0.379 e. The van der Waals surface area contributed by atoms with E-state index in [0.29, 0.717) is 0 Å². The van der Waals surface area contributed by atoms with E-state index in [-0.39, 0.29) is 11.4 Å². The Labute approximate surface area is 108 Å². The van der Waals surface area contributed by atoms with E-state index in [4.69, 9.17) is 0 Å². The number of likely N-dealkylation sites (N-methyl/N-ethyl adjacent to an activating group) is 1. The Morgan fingerprint density at radius 1 is 1.50 bits per heavy atom. The van der Waals surface area contributed by atoms with E-state index in [2.05, 4.69) is 42.7 Å². The normalized spacial score (nSPS) is 24.3. The summed E-state index contributed by atoms with van der Waals surface area (Å²) in [5.41, 5.74) is 3.37. The van der Waals surface area contributed by atoms with Gasteiger partial charge in [0.2, 0.25) is 5.91 Å². The highest BCUT2D eigenvalue weighted by Crippen LogP contribution is 2.31. The van der Waals surface area contributed by atoms with Crippen molar-refractivity contribution >= 4 is 11.6 Å². The fourth-order valence-electron chi connectivity index (χ4n) is 2.32. The molecule has 3 heteroatoms. The number of hydrogen-bond donors (Lipinski definition) is 2. The molecule has 0 aromatic heterocycles. The molecule has 3 nitrogen and oxygen atoms in total. The summed E-state index contributed by atoms with van der Waals surface area (Å²) in [5.74, 6) is -0.0762. The van der Waals surface area contributed by atoms with Crippen LogP contribution in [0.3, 0.4) is 0 Å². The molecule has 0 fully saturated rings. The van der Waals surface area contributed by atoms with Crippen molar-refractivity contribution in [3.63, 3.8) is 0 Å². The molecule has 1 aromatic carbocycles. The second-order valence-corrected chi connectivity index (χ2v) is 5.05. The molecule has 1 heterocycles. The standard InChI is InChI=1S/C15H20N2O/c1-4-15(2)10-11-7-5-6-8-12(11)13(17-15)9-14(18)16-3/h5-9,17H,4,10H2,1-3H3,(H,16,18)/b13-9-. The van der Waals surface area contributed by atoms with Crippen LogP contribution >= 0.6 is 0 Å². The molecule has 2 rings (SSSR count). The van der Waals surface area contributed by atoms with Gasteiger partial charge in [-0.1, -0.05) is 31.2 Å². The van der Waals surface area contributed by atoms with Gasteiger partial charge in [0.25, 0.3) is 0 Å². The molecule has 1 aliphatic heterocycles. The van der Waals surface area contributed by atoms with Crippen LogP contribution in [0.4, 0.5) is 0 Å². The van der Waals surface area contributed by atoms with Gasteiger partial charge in [-0.15, -0.1) is 0 Å². The highest BCUT2D eigenvalue weighted by atomic mass is 16.1. The largest absolute Gasteiger partial charge is 0.379 e. The monoisotopic (exact) mass is 244 g/mol. The van der Waals surface area contributed by atoms with E-state index in [1.165, 1.54) is 5.56 Å². The fraction of sp³-hybridized carbons (Fsp3) is 0.400. The summed E-state index contributed by atoms with van der Waals surface area (Å²) in [6.45, 7) is 4.36. The molecule has 18 heavy (non-hydrogen) atoms. The summed E-state index contributed by atoms with van der Waals surface area (Å²) >= 11 is 0. The number of hydrogen-bond acceptors (Lipinski definition) is 2. The number of amides is 1. The van der Waals surface area contributed by atoms with Crippen LogP contribution in [-0.4, -0.2) is 18.5 Å². The maximum absolute atomic E-state index is 11.6. The average Bonchev–Trinajstić information content (AvgIpc) is 2.38. The van der Waals surface area contributed by atoms with Crippen LogP contribution in [0.5, 0.6) is 0 Å². The molecule has 1 atom stereocenters. The van der Waals surface area contributed by atoms with Gasteiger partial charge in [-0.05, 0) is 25.3 Å². The number of nitrogens with one attached hydrogen (secondary N) is 2. The Bertz CT molecular complexity index is 493. The van der Waals surface area contributed by atoms with E-state index in [1.54, 1.807) is 13.1 Å². The van der Waals surface area contributed by atoms with Gasteiger partial charge < -0.3 is 10.6 Å². The molecule has 0 bridgehead atoms. The Balaban J connectivity index is 2.46. The molecular formula is C15H20N2O. The van der Waals surface area contributed by atoms with Crippen LogP contribution < -0.4 is 10.6 Å². The van der Waals surface area contributed by atoms with Crippen LogP contribution in [0.1, 0.15) is 31.4 Å². The Morgan fingerprint density at radius 3 is 2.89 bits per heavy atom. The number of carbonyl (C=O) groups excluding carboxylic acids is 1. The van der Waals surface area contributed by atoms with Crippen LogP contribution in [0.25, 0.3) is 5.70 Å². The summed E-state index contributed by atoms with van der Waals surface area (Å²) in [6.07, 6.45) is 3.66. The zero-order valence-electron chi connectivity index (χ0n) is 11.2. The van der Waals surface area contributed by atoms with E-state index in [9.17, 15) is 4.79 Å². The number of rotatable bonds is 2. The Hall–Kier alpha value is -1.77. The summed E-state index contributed by atoms with van der Waals surface area (Å²) < 4.78 is 0. The third-order valence-corrected chi connectivity index (χ3v) is 3.63. The van der Waals surface area contributed by atoms with Crippen molar-refractivity contribution in [2.24, 2.45) is 0 Å². The molecule has 1 unspecified atom stereocenters. The molecule has 0 spiro atoms. The quantitative estimate of drug-likeness (QED) is 0.782. The predicted molar refractivity (Wildman–Crippen MR) is 74.0 cm³/mol. The summed E-state index contributed by atoms with van der Waals surface area (Å²) in [6, 6.07) is 8.26. The van der Waals surface area contributed by atoms with E-state index >= 15 is 0 Å². The van der Waals surface area contributed by atoms with E-state index in [0.717, 1.165) is 24.1 Å². The Kier molecular flexibility index (Phi) is 3.41. The molecule has 0 radical (unpaired) electrons. The zero-order chi connectivity index (χ0) is 13.2. The van der Waals surface area contributed by atoms with Gasteiger partial charge in [0.1, 0.15) is 0 Å². The van der Waals surface area contributed by atoms with Crippen molar-refractivity contribution in [2.75, 3.05) is 7.05 Å². The molecule has 0 saturated carbocycles. The van der Waals surface area contributed by atoms with Crippen LogP contribution in [0.2, 0.25) is 0 Å². The highest BCUT2D eigenvalue weighted by molar-refractivity contribution is 5.95. The highest BCUT2D eigenvalue weighted by Gasteiger charge is 2.30. The lowest BCUT2D eigenvalue weighted by Gasteiger charge is -2.38. The SMILES string of the molecule is CCC1(C)Cc2ccccc2/C(=C/C(=O)NC)N1. The first-order valence-corrected chi connectivity index (χ1v) is 6.38. The van der Waals surface area contributed by atoms with E-state index in [1.807, 2.05) is 6.07 Å². The van der Waals surface area contributed by atoms with Crippen molar-refractivity contribution in [2.45, 2.75) is 32.2 Å². The topological polar surface area (TPSA) is 41.1 Å². The van der Waals surface area contributed by atoms with Crippen molar-refractivity contribution < 1.29 is 4.79 Å². The molecule has 0 aliphatic carbocycles. The molecular weight excluding hydrogens is 224 g/mol. The fourth-order valence-corrected chi connectivity index (χ4v) is 2.32. The number of carbonyl (C=O) groups is 1. The Morgan fingerprint density at radius 2 is 2.22 bits per heavy atom. The average molecular weight is 244 g/mol. The molecule has 2 N–H and O–H groups in total. The summed E-state index contributed by atoms with van der Waals surface area (Å²) in [4.78, 5) is 11.6. The van der Waals surface area contributed by atoms with Gasteiger partial charge in [0.15, 0.2) is 0 Å². The predicted octanol–water partition coefficient (Wildman–Crippen LogP) is 2.09. The molecule has 1 aliphatic rings.